The van der Waals surface area contributed by atoms with E-state index in [1.165, 1.54) is 6.20 Å². The monoisotopic (exact) mass is 371 g/mol. The zero-order valence-corrected chi connectivity index (χ0v) is 14.0. The third-order valence-corrected chi connectivity index (χ3v) is 4.15. The lowest BCUT2D eigenvalue weighted by atomic mass is 10.2. The number of nitrogens with zero attached hydrogens (tertiary/aromatic N) is 2. The number of esters is 1. The molecule has 7 heteroatoms. The summed E-state index contributed by atoms with van der Waals surface area (Å²) in [5, 5.41) is 7.99. The second kappa shape index (κ2) is 6.95. The van der Waals surface area contributed by atoms with Crippen LogP contribution in [0.4, 0.5) is 5.69 Å². The number of halogens is 2. The highest BCUT2D eigenvalue weighted by atomic mass is 79.9. The van der Waals surface area contributed by atoms with Crippen molar-refractivity contribution in [3.63, 3.8) is 0 Å². The minimum atomic E-state index is -0.361. The lowest BCUT2D eigenvalue weighted by Gasteiger charge is -2.10. The summed E-state index contributed by atoms with van der Waals surface area (Å²) in [6, 6.07) is 5.54. The summed E-state index contributed by atoms with van der Waals surface area (Å²) in [7, 11) is 1.79. The summed E-state index contributed by atoms with van der Waals surface area (Å²) >= 11 is 9.33. The molecule has 1 heterocycles. The minimum Gasteiger partial charge on any atom is -0.462 e. The lowest BCUT2D eigenvalue weighted by Crippen LogP contribution is -2.12. The van der Waals surface area contributed by atoms with E-state index in [9.17, 15) is 4.79 Å². The first-order valence-corrected chi connectivity index (χ1v) is 7.57. The fourth-order valence-corrected chi connectivity index (χ4v) is 2.34. The van der Waals surface area contributed by atoms with Crippen LogP contribution >= 0.6 is 27.5 Å². The number of hydrogen-bond acceptors (Lipinski definition) is 4. The first-order valence-electron chi connectivity index (χ1n) is 6.39. The van der Waals surface area contributed by atoms with Gasteiger partial charge in [0, 0.05) is 17.2 Å². The van der Waals surface area contributed by atoms with Gasteiger partial charge in [-0.3, -0.25) is 4.68 Å². The van der Waals surface area contributed by atoms with Crippen molar-refractivity contribution in [3.8, 4) is 0 Å². The van der Waals surface area contributed by atoms with Crippen LogP contribution in [0.1, 0.15) is 23.0 Å². The molecule has 0 saturated heterocycles. The van der Waals surface area contributed by atoms with Gasteiger partial charge in [-0.25, -0.2) is 4.79 Å². The van der Waals surface area contributed by atoms with E-state index in [1.807, 2.05) is 12.1 Å². The Bertz CT molecular complexity index is 658. The number of rotatable bonds is 5. The van der Waals surface area contributed by atoms with E-state index in [-0.39, 0.29) is 5.97 Å². The molecule has 2 rings (SSSR count). The number of carbonyl (C=O) groups is 1. The highest BCUT2D eigenvalue weighted by Crippen LogP contribution is 2.26. The molecular weight excluding hydrogens is 358 g/mol. The maximum absolute atomic E-state index is 11.9. The SMILES string of the molecule is CCOC(=O)c1cnn(C)c1CNc1ccc(Cl)c(Br)c1. The van der Waals surface area contributed by atoms with Crippen molar-refractivity contribution >= 4 is 39.2 Å². The van der Waals surface area contributed by atoms with E-state index in [0.29, 0.717) is 23.7 Å². The normalized spacial score (nSPS) is 10.5. The first kappa shape index (κ1) is 15.9. The van der Waals surface area contributed by atoms with Crippen LogP contribution in [0.3, 0.4) is 0 Å². The molecule has 0 aliphatic heterocycles. The fraction of sp³-hybridized carbons (Fsp3) is 0.286. The van der Waals surface area contributed by atoms with Crippen LogP contribution in [0.25, 0.3) is 0 Å². The summed E-state index contributed by atoms with van der Waals surface area (Å²) in [4.78, 5) is 11.9. The Morgan fingerprint density at radius 2 is 2.29 bits per heavy atom. The Balaban J connectivity index is 2.14. The van der Waals surface area contributed by atoms with Gasteiger partial charge in [-0.05, 0) is 41.1 Å². The van der Waals surface area contributed by atoms with Crippen LogP contribution in [0.2, 0.25) is 5.02 Å². The van der Waals surface area contributed by atoms with Gasteiger partial charge in [0.25, 0.3) is 0 Å². The van der Waals surface area contributed by atoms with E-state index in [1.54, 1.807) is 24.7 Å². The number of aryl methyl sites for hydroxylation is 1. The number of carbonyl (C=O) groups excluding carboxylic acids is 1. The molecule has 1 aromatic carbocycles. The van der Waals surface area contributed by atoms with Crippen LogP contribution in [-0.2, 0) is 18.3 Å². The van der Waals surface area contributed by atoms with Gasteiger partial charge in [0.2, 0.25) is 0 Å². The molecule has 0 unspecified atom stereocenters. The Hall–Kier alpha value is -1.53. The summed E-state index contributed by atoms with van der Waals surface area (Å²) in [5.74, 6) is -0.361. The van der Waals surface area contributed by atoms with Crippen molar-refractivity contribution in [1.29, 1.82) is 0 Å². The van der Waals surface area contributed by atoms with Crippen molar-refractivity contribution in [2.45, 2.75) is 13.5 Å². The van der Waals surface area contributed by atoms with E-state index in [2.05, 4.69) is 26.3 Å². The second-order valence-electron chi connectivity index (χ2n) is 4.33. The van der Waals surface area contributed by atoms with Crippen molar-refractivity contribution in [3.05, 3.63) is 45.1 Å². The number of anilines is 1. The third-order valence-electron chi connectivity index (χ3n) is 2.94. The predicted molar refractivity (Wildman–Crippen MR) is 85.6 cm³/mol. The van der Waals surface area contributed by atoms with Crippen LogP contribution in [0.15, 0.2) is 28.9 Å². The number of ether oxygens (including phenoxy) is 1. The molecule has 2 aromatic rings. The molecule has 0 aliphatic carbocycles. The predicted octanol–water partition coefficient (Wildman–Crippen LogP) is 3.62. The average Bonchev–Trinajstić information content (AvgIpc) is 2.82. The van der Waals surface area contributed by atoms with Gasteiger partial charge in [0.05, 0.1) is 30.1 Å². The van der Waals surface area contributed by atoms with E-state index in [4.69, 9.17) is 16.3 Å². The van der Waals surface area contributed by atoms with Crippen molar-refractivity contribution in [1.82, 2.24) is 9.78 Å². The van der Waals surface area contributed by atoms with Gasteiger partial charge < -0.3 is 10.1 Å². The molecule has 0 amide bonds. The summed E-state index contributed by atoms with van der Waals surface area (Å²) < 4.78 is 7.49. The topological polar surface area (TPSA) is 56.1 Å². The third kappa shape index (κ3) is 3.77. The average molecular weight is 373 g/mol. The van der Waals surface area contributed by atoms with Crippen molar-refractivity contribution < 1.29 is 9.53 Å². The molecule has 112 valence electrons. The molecular formula is C14H15BrClN3O2. The second-order valence-corrected chi connectivity index (χ2v) is 5.59. The van der Waals surface area contributed by atoms with Gasteiger partial charge >= 0.3 is 5.97 Å². The van der Waals surface area contributed by atoms with Crippen LogP contribution < -0.4 is 5.32 Å². The molecule has 1 N–H and O–H groups in total. The number of aromatic nitrogens is 2. The molecule has 0 radical (unpaired) electrons. The number of nitrogens with one attached hydrogen (secondary N) is 1. The van der Waals surface area contributed by atoms with Crippen LogP contribution in [0.5, 0.6) is 0 Å². The van der Waals surface area contributed by atoms with Gasteiger partial charge in [0.1, 0.15) is 5.56 Å². The van der Waals surface area contributed by atoms with Crippen molar-refractivity contribution in [2.75, 3.05) is 11.9 Å². The maximum atomic E-state index is 11.9. The largest absolute Gasteiger partial charge is 0.462 e. The minimum absolute atomic E-state index is 0.338. The first-order chi connectivity index (χ1) is 10.0. The Morgan fingerprint density at radius 1 is 1.52 bits per heavy atom. The molecule has 0 aliphatic rings. The van der Waals surface area contributed by atoms with Gasteiger partial charge in [0.15, 0.2) is 0 Å². The number of hydrogen-bond donors (Lipinski definition) is 1. The van der Waals surface area contributed by atoms with Crippen LogP contribution in [-0.4, -0.2) is 22.4 Å². The zero-order chi connectivity index (χ0) is 15.4. The quantitative estimate of drug-likeness (QED) is 0.814. The molecule has 0 spiro atoms. The zero-order valence-electron chi connectivity index (χ0n) is 11.7. The van der Waals surface area contributed by atoms with Gasteiger partial charge in [-0.2, -0.15) is 5.10 Å². The highest BCUT2D eigenvalue weighted by molar-refractivity contribution is 9.10. The molecule has 1 aromatic heterocycles. The lowest BCUT2D eigenvalue weighted by molar-refractivity contribution is 0.0525. The molecule has 0 fully saturated rings. The molecule has 0 saturated carbocycles. The summed E-state index contributed by atoms with van der Waals surface area (Å²) in [5.41, 5.74) is 2.13. The van der Waals surface area contributed by atoms with E-state index >= 15 is 0 Å². The van der Waals surface area contributed by atoms with Gasteiger partial charge in [-0.1, -0.05) is 11.6 Å². The van der Waals surface area contributed by atoms with E-state index < -0.39 is 0 Å². The number of benzene rings is 1. The van der Waals surface area contributed by atoms with E-state index in [0.717, 1.165) is 15.9 Å². The van der Waals surface area contributed by atoms with Crippen molar-refractivity contribution in [2.24, 2.45) is 7.05 Å². The Kier molecular flexibility index (Phi) is 5.25. The maximum Gasteiger partial charge on any atom is 0.341 e. The fourth-order valence-electron chi connectivity index (χ4n) is 1.84. The highest BCUT2D eigenvalue weighted by Gasteiger charge is 2.16. The van der Waals surface area contributed by atoms with Crippen LogP contribution in [0, 0.1) is 0 Å². The standard InChI is InChI=1S/C14H15BrClN3O2/c1-3-21-14(20)10-7-18-19(2)13(10)8-17-9-4-5-12(16)11(15)6-9/h4-7,17H,3,8H2,1-2H3. The summed E-state index contributed by atoms with van der Waals surface area (Å²) in [6.07, 6.45) is 1.52. The molecule has 0 bridgehead atoms. The smallest absolute Gasteiger partial charge is 0.341 e. The summed E-state index contributed by atoms with van der Waals surface area (Å²) in [6.45, 7) is 2.57. The molecule has 5 nitrogen and oxygen atoms in total. The Labute approximate surface area is 136 Å². The Morgan fingerprint density at radius 3 is 2.95 bits per heavy atom. The molecule has 21 heavy (non-hydrogen) atoms. The van der Waals surface area contributed by atoms with Gasteiger partial charge in [-0.15, -0.1) is 0 Å². The molecule has 0 atom stereocenters.